The van der Waals surface area contributed by atoms with Crippen molar-refractivity contribution in [3.63, 3.8) is 0 Å². The number of carbonyl (C=O) groups excluding carboxylic acids is 2. The van der Waals surface area contributed by atoms with Gasteiger partial charge in [-0.3, -0.25) is 9.36 Å². The number of isocyanates is 1. The van der Waals surface area contributed by atoms with Gasteiger partial charge in [0.25, 0.3) is 20.0 Å². The second-order valence-electron chi connectivity index (χ2n) is 19.1. The highest BCUT2D eigenvalue weighted by Crippen LogP contribution is 2.42. The molecule has 0 radical (unpaired) electrons. The van der Waals surface area contributed by atoms with Crippen molar-refractivity contribution in [3.8, 4) is 0 Å². The van der Waals surface area contributed by atoms with Gasteiger partial charge in [-0.2, -0.15) is 23.6 Å². The molecule has 70 heavy (non-hydrogen) atoms. The van der Waals surface area contributed by atoms with E-state index in [1.165, 1.54) is 45.5 Å². The molecule has 0 fully saturated rings. The van der Waals surface area contributed by atoms with Gasteiger partial charge >= 0.3 is 6.03 Å². The molecule has 6 N–H and O–H groups in total. The predicted octanol–water partition coefficient (Wildman–Crippen LogP) is 11.8. The van der Waals surface area contributed by atoms with E-state index < -0.39 is 26.1 Å². The number of nitrogen functional groups attached to an aromatic ring is 1. The third kappa shape index (κ3) is 13.4. The van der Waals surface area contributed by atoms with E-state index in [0.29, 0.717) is 22.5 Å². The van der Waals surface area contributed by atoms with Crippen LogP contribution in [0.4, 0.5) is 21.9 Å². The number of hydrogen-bond acceptors (Lipinski definition) is 10. The van der Waals surface area contributed by atoms with Gasteiger partial charge in [0.15, 0.2) is 10.1 Å². The summed E-state index contributed by atoms with van der Waals surface area (Å²) in [5.41, 5.74) is 18.7. The maximum Gasteiger partial charge on any atom is 0.333 e. The fourth-order valence-corrected chi connectivity index (χ4v) is 11.1. The largest absolute Gasteiger partial charge is 0.398 e. The van der Waals surface area contributed by atoms with E-state index in [4.69, 9.17) is 45.7 Å². The molecule has 3 aromatic carbocycles. The van der Waals surface area contributed by atoms with Gasteiger partial charge in [-0.25, -0.2) is 27.9 Å². The highest BCUT2D eigenvalue weighted by atomic mass is 35.5. The van der Waals surface area contributed by atoms with Crippen molar-refractivity contribution in [3.05, 3.63) is 108 Å². The maximum absolute atomic E-state index is 12.5. The molecular formula is C50H66Cl3N9O6S2. The van der Waals surface area contributed by atoms with Crippen LogP contribution in [-0.2, 0) is 63.4 Å². The molecule has 380 valence electrons. The van der Waals surface area contributed by atoms with E-state index in [1.807, 2.05) is 59.7 Å². The van der Waals surface area contributed by atoms with Crippen molar-refractivity contribution < 1.29 is 26.4 Å². The Morgan fingerprint density at radius 1 is 0.643 bits per heavy atom. The summed E-state index contributed by atoms with van der Waals surface area (Å²) < 4.78 is 51.7. The SMILES string of the molecule is CC(C)c1cc(Cl)c2c(c1N)CCC2.CC(C)c1cc(Cl)c2c(c1N=C=O)CCC2.CC(C)c1cc(Cl)c2c(c1NC(=O)NS(=O)(=O)c1ccn(C(C)C)n1)CCC2.CC(C)n1ccc(S(N)(=O)=O)n1. The average molecular weight is 1060 g/mol. The third-order valence-corrected chi connectivity index (χ3v) is 15.5. The number of aliphatic imine (C=N–C) groups is 1. The molecule has 3 aliphatic carbocycles. The van der Waals surface area contributed by atoms with E-state index in [1.54, 1.807) is 23.2 Å². The molecule has 0 spiro atoms. The van der Waals surface area contributed by atoms with Gasteiger partial charge < -0.3 is 11.1 Å². The lowest BCUT2D eigenvalue weighted by atomic mass is 9.95. The number of urea groups is 1. The molecule has 2 aromatic heterocycles. The summed E-state index contributed by atoms with van der Waals surface area (Å²) >= 11 is 18.9. The minimum absolute atomic E-state index is 0.0167. The van der Waals surface area contributed by atoms with Crippen LogP contribution in [0, 0.1) is 0 Å². The predicted molar refractivity (Wildman–Crippen MR) is 281 cm³/mol. The third-order valence-electron chi connectivity index (χ3n) is 12.4. The second kappa shape index (κ2) is 23.7. The highest BCUT2D eigenvalue weighted by Gasteiger charge is 2.27. The maximum atomic E-state index is 12.5. The fraction of sp³-hybridized carbons (Fsp3) is 0.480. The summed E-state index contributed by atoms with van der Waals surface area (Å²) in [6.07, 6.45) is 13.9. The molecule has 0 unspecified atom stereocenters. The zero-order chi connectivity index (χ0) is 52.0. The minimum Gasteiger partial charge on any atom is -0.398 e. The molecule has 5 aromatic rings. The van der Waals surface area contributed by atoms with Crippen LogP contribution in [0.5, 0.6) is 0 Å². The molecular weight excluding hydrogens is 993 g/mol. The van der Waals surface area contributed by atoms with Crippen LogP contribution in [0.1, 0.15) is 168 Å². The first kappa shape index (κ1) is 56.2. The number of halogens is 3. The summed E-state index contributed by atoms with van der Waals surface area (Å²) in [5.74, 6) is 0.894. The number of fused-ring (bicyclic) bond motifs is 3. The van der Waals surface area contributed by atoms with Gasteiger partial charge in [0.1, 0.15) is 0 Å². The van der Waals surface area contributed by atoms with Crippen LogP contribution in [0.3, 0.4) is 0 Å². The molecule has 2 amide bonds. The quantitative estimate of drug-likeness (QED) is 0.0592. The van der Waals surface area contributed by atoms with E-state index in [9.17, 15) is 26.4 Å². The Morgan fingerprint density at radius 3 is 1.51 bits per heavy atom. The minimum atomic E-state index is -4.07. The standard InChI is InChI=1S/C19H25ClN4O3S.C13H14ClNO.C12H16ClN.C6H11N3O2S/c1-11(2)15-10-16(20)13-6-5-7-14(13)18(15)21-19(25)23-28(26,27)17-8-9-24(22-17)12(3)4;1-8(2)11-6-12(14)9-4-3-5-10(9)13(11)15-7-16;1-7(2)10-6-11(13)8-4-3-5-9(8)12(10)14;1-5(2)9-4-3-6(8-9)12(7,10)11/h8-12H,5-7H2,1-4H3,(H2,21,23,25);6,8H,3-5H2,1-2H3;6-7H,3-5,14H2,1-2H3;3-5H,1-2H3,(H2,7,10,11). The van der Waals surface area contributed by atoms with Crippen LogP contribution < -0.4 is 20.9 Å². The first-order valence-corrected chi connectivity index (χ1v) is 27.8. The van der Waals surface area contributed by atoms with E-state index in [-0.39, 0.29) is 28.1 Å². The number of nitrogens with one attached hydrogen (secondary N) is 2. The van der Waals surface area contributed by atoms with Crippen LogP contribution in [-0.4, -0.2) is 48.5 Å². The smallest absolute Gasteiger partial charge is 0.333 e. The van der Waals surface area contributed by atoms with Crippen molar-refractivity contribution in [2.75, 3.05) is 11.1 Å². The number of rotatable bonds is 10. The first-order chi connectivity index (χ1) is 32.8. The molecule has 0 saturated carbocycles. The number of nitrogens with two attached hydrogens (primary N) is 2. The van der Waals surface area contributed by atoms with Crippen molar-refractivity contribution in [2.45, 2.75) is 167 Å². The zero-order valence-corrected chi connectivity index (χ0v) is 45.5. The number of amides is 2. The van der Waals surface area contributed by atoms with E-state index in [0.717, 1.165) is 101 Å². The molecule has 2 heterocycles. The normalized spacial score (nSPS) is 13.8. The second-order valence-corrected chi connectivity index (χ2v) is 23.5. The van der Waals surface area contributed by atoms with Crippen molar-refractivity contribution in [2.24, 2.45) is 10.1 Å². The summed E-state index contributed by atoms with van der Waals surface area (Å²) in [6, 6.07) is 7.97. The monoisotopic (exact) mass is 1060 g/mol. The fourth-order valence-electron chi connectivity index (χ4n) is 8.79. The molecule has 8 rings (SSSR count). The summed E-state index contributed by atoms with van der Waals surface area (Å²) in [5, 5.41) is 17.6. The zero-order valence-electron chi connectivity index (χ0n) is 41.6. The molecule has 15 nitrogen and oxygen atoms in total. The van der Waals surface area contributed by atoms with E-state index in [2.05, 4.69) is 52.9 Å². The van der Waals surface area contributed by atoms with Gasteiger partial charge in [0.05, 0.1) is 5.69 Å². The Labute approximate surface area is 428 Å². The van der Waals surface area contributed by atoms with Crippen molar-refractivity contribution >= 4 is 84.0 Å². The molecule has 0 saturated heterocycles. The summed E-state index contributed by atoms with van der Waals surface area (Å²) in [4.78, 5) is 26.9. The number of aromatic nitrogens is 4. The summed E-state index contributed by atoms with van der Waals surface area (Å²) in [7, 11) is -7.72. The Hall–Kier alpha value is -4.74. The summed E-state index contributed by atoms with van der Waals surface area (Å²) in [6.45, 7) is 20.1. The van der Waals surface area contributed by atoms with Gasteiger partial charge in [-0.1, -0.05) is 76.3 Å². The Kier molecular flexibility index (Phi) is 19.0. The Balaban J connectivity index is 0.000000185. The van der Waals surface area contributed by atoms with E-state index >= 15 is 0 Å². The number of nitrogens with zero attached hydrogens (tertiary/aromatic N) is 5. The Bertz CT molecular complexity index is 2990. The topological polar surface area (TPSA) is 227 Å². The lowest BCUT2D eigenvalue weighted by Crippen LogP contribution is -2.35. The van der Waals surface area contributed by atoms with Crippen LogP contribution >= 0.6 is 34.8 Å². The Morgan fingerprint density at radius 2 is 1.06 bits per heavy atom. The highest BCUT2D eigenvalue weighted by molar-refractivity contribution is 7.90. The molecule has 0 atom stereocenters. The number of anilines is 2. The average Bonchev–Trinajstić information content (AvgIpc) is 4.13. The van der Waals surface area contributed by atoms with Crippen molar-refractivity contribution in [1.82, 2.24) is 24.3 Å². The number of primary sulfonamides is 1. The lowest BCUT2D eigenvalue weighted by molar-refractivity contribution is 0.256. The number of sulfonamides is 2. The molecule has 3 aliphatic rings. The van der Waals surface area contributed by atoms with Gasteiger partial charge in [-0.05, 0) is 184 Å². The number of benzene rings is 3. The number of hydrogen-bond donors (Lipinski definition) is 4. The van der Waals surface area contributed by atoms with Gasteiger partial charge in [0, 0.05) is 50.9 Å². The van der Waals surface area contributed by atoms with Crippen LogP contribution in [0.25, 0.3) is 0 Å². The van der Waals surface area contributed by atoms with Gasteiger partial charge in [0.2, 0.25) is 6.08 Å². The molecule has 0 bridgehead atoms. The first-order valence-electron chi connectivity index (χ1n) is 23.6. The lowest BCUT2D eigenvalue weighted by Gasteiger charge is -2.19. The van der Waals surface area contributed by atoms with Crippen molar-refractivity contribution in [1.29, 1.82) is 0 Å². The molecule has 0 aliphatic heterocycles. The van der Waals surface area contributed by atoms with Crippen LogP contribution in [0.2, 0.25) is 15.1 Å². The number of carbonyl (C=O) groups is 1. The van der Waals surface area contributed by atoms with Gasteiger partial charge in [-0.15, -0.1) is 0 Å². The molecule has 20 heteroatoms. The van der Waals surface area contributed by atoms with Crippen LogP contribution in [0.15, 0.2) is 57.8 Å².